The van der Waals surface area contributed by atoms with Gasteiger partial charge in [0.2, 0.25) is 5.95 Å². The minimum Gasteiger partial charge on any atom is -0.612 e. The highest BCUT2D eigenvalue weighted by atomic mass is 35.5. The number of benzene rings is 2. The number of nitrogens with two attached hydrogens (primary N) is 1. The van der Waals surface area contributed by atoms with Crippen molar-refractivity contribution in [3.63, 3.8) is 0 Å². The maximum atomic E-state index is 11.4. The molecule has 1 unspecified atom stereocenters. The van der Waals surface area contributed by atoms with E-state index in [9.17, 15) is 4.55 Å². The van der Waals surface area contributed by atoms with E-state index in [0.29, 0.717) is 17.4 Å². The smallest absolute Gasteiger partial charge is 0.222 e. The van der Waals surface area contributed by atoms with Gasteiger partial charge in [-0.25, -0.2) is 4.98 Å². The monoisotopic (exact) mass is 400 g/mol. The molecule has 3 N–H and O–H groups in total. The van der Waals surface area contributed by atoms with Crippen LogP contribution in [0.1, 0.15) is 11.1 Å². The van der Waals surface area contributed by atoms with Crippen LogP contribution in [0.25, 0.3) is 11.3 Å². The summed E-state index contributed by atoms with van der Waals surface area (Å²) in [4.78, 5) is 9.43. The number of nitrogens with zero attached hydrogens (tertiary/aromatic N) is 2. The largest absolute Gasteiger partial charge is 0.612 e. The molecule has 0 saturated carbocycles. The molecule has 2 aromatic carbocycles. The number of hydrogen-bond acceptors (Lipinski definition) is 5. The van der Waals surface area contributed by atoms with Gasteiger partial charge in [-0.1, -0.05) is 35.9 Å². The predicted molar refractivity (Wildman–Crippen MR) is 113 cm³/mol. The number of nitrogens with one attached hydrogen (secondary N) is 1. The summed E-state index contributed by atoms with van der Waals surface area (Å²) in [6.45, 7) is 2.65. The number of halogens is 1. The number of nitrogen functional groups attached to an aromatic ring is 1. The van der Waals surface area contributed by atoms with Gasteiger partial charge in [0.15, 0.2) is 4.90 Å². The van der Waals surface area contributed by atoms with E-state index in [1.807, 2.05) is 55.5 Å². The fraction of sp³-hybridized carbons (Fsp3) is 0.200. The minimum absolute atomic E-state index is 0.212. The lowest BCUT2D eigenvalue weighted by molar-refractivity contribution is 0.601. The van der Waals surface area contributed by atoms with Crippen molar-refractivity contribution in [3.8, 4) is 11.3 Å². The van der Waals surface area contributed by atoms with Crippen molar-refractivity contribution in [2.45, 2.75) is 18.2 Å². The maximum Gasteiger partial charge on any atom is 0.222 e. The van der Waals surface area contributed by atoms with Crippen LogP contribution in [0.5, 0.6) is 0 Å². The number of hydrogen-bond donors (Lipinski definition) is 2. The summed E-state index contributed by atoms with van der Waals surface area (Å²) in [5.74, 6) is 0.882. The molecule has 0 fully saturated rings. The highest BCUT2D eigenvalue weighted by Crippen LogP contribution is 2.28. The second-order valence-electron chi connectivity index (χ2n) is 6.18. The SMILES string of the molecule is Cc1c(Cl)cccc1-c1cc(NCCc2ccc([S+](C)[O-])cc2)nc(N)n1. The van der Waals surface area contributed by atoms with Crippen molar-refractivity contribution in [1.29, 1.82) is 0 Å². The highest BCUT2D eigenvalue weighted by Gasteiger charge is 2.09. The molecule has 0 aliphatic heterocycles. The zero-order valence-electron chi connectivity index (χ0n) is 15.2. The van der Waals surface area contributed by atoms with Gasteiger partial charge in [-0.15, -0.1) is 0 Å². The lowest BCUT2D eigenvalue weighted by Crippen LogP contribution is -2.09. The van der Waals surface area contributed by atoms with E-state index in [4.69, 9.17) is 17.3 Å². The lowest BCUT2D eigenvalue weighted by Gasteiger charge is -2.11. The van der Waals surface area contributed by atoms with E-state index in [2.05, 4.69) is 15.3 Å². The topological polar surface area (TPSA) is 86.9 Å². The average Bonchev–Trinajstić information content (AvgIpc) is 2.64. The van der Waals surface area contributed by atoms with Crippen molar-refractivity contribution in [2.75, 3.05) is 23.9 Å². The molecule has 0 spiro atoms. The van der Waals surface area contributed by atoms with Crippen LogP contribution in [-0.4, -0.2) is 27.3 Å². The minimum atomic E-state index is -0.956. The molecule has 3 rings (SSSR count). The Balaban J connectivity index is 1.70. The van der Waals surface area contributed by atoms with E-state index in [1.54, 1.807) is 6.26 Å². The highest BCUT2D eigenvalue weighted by molar-refractivity contribution is 7.90. The van der Waals surface area contributed by atoms with E-state index in [0.717, 1.165) is 33.7 Å². The summed E-state index contributed by atoms with van der Waals surface area (Å²) in [7, 11) is 0. The lowest BCUT2D eigenvalue weighted by atomic mass is 10.1. The third-order valence-electron chi connectivity index (χ3n) is 4.26. The Bertz CT molecular complexity index is 932. The van der Waals surface area contributed by atoms with Gasteiger partial charge in [0, 0.05) is 23.2 Å². The Morgan fingerprint density at radius 2 is 1.89 bits per heavy atom. The molecule has 3 aromatic rings. The summed E-state index contributed by atoms with van der Waals surface area (Å²) >= 11 is 5.26. The molecule has 27 heavy (non-hydrogen) atoms. The first-order chi connectivity index (χ1) is 12.9. The Kier molecular flexibility index (Phi) is 6.21. The van der Waals surface area contributed by atoms with Crippen molar-refractivity contribution in [1.82, 2.24) is 9.97 Å². The quantitative estimate of drug-likeness (QED) is 0.609. The van der Waals surface area contributed by atoms with Gasteiger partial charge in [0.05, 0.1) is 5.69 Å². The van der Waals surface area contributed by atoms with Crippen LogP contribution in [0, 0.1) is 6.92 Å². The normalized spacial score (nSPS) is 12.0. The van der Waals surface area contributed by atoms with Crippen LogP contribution in [0.2, 0.25) is 5.02 Å². The summed E-state index contributed by atoms with van der Waals surface area (Å²) in [6.07, 6.45) is 2.49. The average molecular weight is 401 g/mol. The second-order valence-corrected chi connectivity index (χ2v) is 7.97. The van der Waals surface area contributed by atoms with Gasteiger partial charge < -0.3 is 15.6 Å². The van der Waals surface area contributed by atoms with Crippen molar-refractivity contribution < 1.29 is 4.55 Å². The van der Waals surface area contributed by atoms with Crippen LogP contribution in [0.3, 0.4) is 0 Å². The number of rotatable bonds is 6. The molecule has 5 nitrogen and oxygen atoms in total. The van der Waals surface area contributed by atoms with E-state index < -0.39 is 11.2 Å². The molecular weight excluding hydrogens is 380 g/mol. The van der Waals surface area contributed by atoms with Crippen LogP contribution in [0.4, 0.5) is 11.8 Å². The molecule has 0 aliphatic rings. The zero-order chi connectivity index (χ0) is 19.4. The Hall–Kier alpha value is -2.28. The molecule has 0 amide bonds. The van der Waals surface area contributed by atoms with Gasteiger partial charge >= 0.3 is 0 Å². The standard InChI is InChI=1S/C20H21ClN4OS/c1-13-16(4-3-5-17(13)21)18-12-19(25-20(22)24-18)23-11-10-14-6-8-15(9-7-14)27(2)26/h3-9,12H,10-11H2,1-2H3,(H3,22,23,24,25). The molecule has 0 bridgehead atoms. The first kappa shape index (κ1) is 19.5. The maximum absolute atomic E-state index is 11.4. The summed E-state index contributed by atoms with van der Waals surface area (Å²) in [6, 6.07) is 15.4. The molecular formula is C20H21ClN4OS. The summed E-state index contributed by atoms with van der Waals surface area (Å²) < 4.78 is 11.4. The first-order valence-corrected chi connectivity index (χ1v) is 10.4. The predicted octanol–water partition coefficient (Wildman–Crippen LogP) is 4.08. The Morgan fingerprint density at radius 1 is 1.15 bits per heavy atom. The first-order valence-electron chi connectivity index (χ1n) is 8.50. The molecule has 1 aromatic heterocycles. The Labute approximate surface area is 167 Å². The zero-order valence-corrected chi connectivity index (χ0v) is 16.8. The fourth-order valence-electron chi connectivity index (χ4n) is 2.76. The number of anilines is 2. The summed E-state index contributed by atoms with van der Waals surface area (Å²) in [5.41, 5.74) is 9.67. The van der Waals surface area contributed by atoms with Crippen LogP contribution in [0.15, 0.2) is 53.4 Å². The Morgan fingerprint density at radius 3 is 2.59 bits per heavy atom. The molecule has 0 aliphatic carbocycles. The second kappa shape index (κ2) is 8.61. The van der Waals surface area contributed by atoms with E-state index in [1.165, 1.54) is 0 Å². The van der Waals surface area contributed by atoms with E-state index >= 15 is 0 Å². The number of aromatic nitrogens is 2. The molecule has 140 valence electrons. The third kappa shape index (κ3) is 4.91. The van der Waals surface area contributed by atoms with Crippen LogP contribution < -0.4 is 11.1 Å². The molecule has 1 heterocycles. The van der Waals surface area contributed by atoms with Gasteiger partial charge in [0.1, 0.15) is 12.1 Å². The van der Waals surface area contributed by atoms with Gasteiger partial charge in [0.25, 0.3) is 0 Å². The fourth-order valence-corrected chi connectivity index (χ4v) is 3.46. The van der Waals surface area contributed by atoms with Gasteiger partial charge in [-0.3, -0.25) is 0 Å². The molecule has 0 radical (unpaired) electrons. The van der Waals surface area contributed by atoms with E-state index in [-0.39, 0.29) is 5.95 Å². The van der Waals surface area contributed by atoms with Gasteiger partial charge in [-0.05, 0) is 53.8 Å². The molecule has 1 atom stereocenters. The van der Waals surface area contributed by atoms with Crippen molar-refractivity contribution >= 4 is 34.5 Å². The van der Waals surface area contributed by atoms with Crippen LogP contribution in [-0.2, 0) is 17.6 Å². The third-order valence-corrected chi connectivity index (χ3v) is 5.61. The summed E-state index contributed by atoms with van der Waals surface area (Å²) in [5, 5.41) is 3.98. The van der Waals surface area contributed by atoms with Crippen molar-refractivity contribution in [2.24, 2.45) is 0 Å². The van der Waals surface area contributed by atoms with Crippen LogP contribution >= 0.6 is 11.6 Å². The van der Waals surface area contributed by atoms with Crippen molar-refractivity contribution in [3.05, 3.63) is 64.7 Å². The van der Waals surface area contributed by atoms with Gasteiger partial charge in [-0.2, -0.15) is 4.98 Å². The molecule has 7 heteroatoms. The molecule has 0 saturated heterocycles.